The Morgan fingerprint density at radius 2 is 2.17 bits per heavy atom. The quantitative estimate of drug-likeness (QED) is 0.338. The van der Waals surface area contributed by atoms with Crippen LogP contribution in [-0.4, -0.2) is 61.6 Å². The van der Waals surface area contributed by atoms with Crippen LogP contribution in [0.25, 0.3) is 11.2 Å². The SMILES string of the molecule is CNc1nc(C#Cc2ccc(Cl)s2)nc2c1ncn2[C@H]1[C@H](O)[C@H](O)[C@]2(C(=O)OCCC(C)C)C[C@H]12. The molecule has 5 atom stereocenters. The van der Waals surface area contributed by atoms with Crippen molar-refractivity contribution in [3.05, 3.63) is 33.5 Å². The maximum atomic E-state index is 12.9. The minimum atomic E-state index is -1.23. The van der Waals surface area contributed by atoms with Gasteiger partial charge in [-0.15, -0.1) is 11.3 Å². The summed E-state index contributed by atoms with van der Waals surface area (Å²) in [6, 6.07) is 3.02. The van der Waals surface area contributed by atoms with E-state index in [1.165, 1.54) is 11.3 Å². The van der Waals surface area contributed by atoms with Crippen molar-refractivity contribution in [2.24, 2.45) is 17.3 Å². The van der Waals surface area contributed by atoms with Crippen LogP contribution in [0.2, 0.25) is 4.34 Å². The molecule has 0 aliphatic heterocycles. The van der Waals surface area contributed by atoms with Gasteiger partial charge in [-0.25, -0.2) is 15.0 Å². The van der Waals surface area contributed by atoms with Crippen LogP contribution in [0.15, 0.2) is 18.5 Å². The van der Waals surface area contributed by atoms with Crippen LogP contribution in [-0.2, 0) is 9.53 Å². The fourth-order valence-electron chi connectivity index (χ4n) is 4.90. The highest BCUT2D eigenvalue weighted by Gasteiger charge is 2.76. The molecule has 0 radical (unpaired) electrons. The number of aromatic nitrogens is 4. The molecule has 0 spiro atoms. The number of rotatable bonds is 6. The third kappa shape index (κ3) is 4.06. The number of nitrogens with zero attached hydrogens (tertiary/aromatic N) is 4. The number of aliphatic hydroxyl groups excluding tert-OH is 2. The van der Waals surface area contributed by atoms with Crippen molar-refractivity contribution in [3.8, 4) is 11.8 Å². The second-order valence-corrected chi connectivity index (χ2v) is 11.1. The molecule has 2 saturated carbocycles. The minimum Gasteiger partial charge on any atom is -0.465 e. The molecule has 3 aromatic heterocycles. The molecule has 9 nitrogen and oxygen atoms in total. The summed E-state index contributed by atoms with van der Waals surface area (Å²) in [5, 5.41) is 24.9. The molecule has 5 rings (SSSR count). The average Bonchev–Trinajstić information content (AvgIpc) is 3.07. The van der Waals surface area contributed by atoms with Gasteiger partial charge in [0.1, 0.15) is 11.5 Å². The maximum Gasteiger partial charge on any atom is 0.315 e. The number of halogens is 1. The number of thiophene rings is 1. The van der Waals surface area contributed by atoms with E-state index in [0.717, 1.165) is 11.3 Å². The minimum absolute atomic E-state index is 0.274. The number of fused-ring (bicyclic) bond motifs is 2. The van der Waals surface area contributed by atoms with Crippen molar-refractivity contribution < 1.29 is 19.7 Å². The lowest BCUT2D eigenvalue weighted by Crippen LogP contribution is -2.38. The smallest absolute Gasteiger partial charge is 0.315 e. The van der Waals surface area contributed by atoms with Gasteiger partial charge in [0.2, 0.25) is 5.82 Å². The molecule has 35 heavy (non-hydrogen) atoms. The van der Waals surface area contributed by atoms with Gasteiger partial charge in [-0.05, 0) is 42.7 Å². The number of esters is 1. The molecule has 0 saturated heterocycles. The molecule has 2 aliphatic carbocycles. The third-order valence-corrected chi connectivity index (χ3v) is 7.98. The van der Waals surface area contributed by atoms with E-state index in [4.69, 9.17) is 16.3 Å². The van der Waals surface area contributed by atoms with Gasteiger partial charge in [-0.2, -0.15) is 0 Å². The Bertz CT molecular complexity index is 1340. The third-order valence-electron chi connectivity index (χ3n) is 6.83. The molecular formula is C24H26ClN5O4S. The molecule has 0 amide bonds. The first-order valence-corrected chi connectivity index (χ1v) is 12.7. The highest BCUT2D eigenvalue weighted by atomic mass is 35.5. The molecule has 3 N–H and O–H groups in total. The Labute approximate surface area is 211 Å². The summed E-state index contributed by atoms with van der Waals surface area (Å²) in [6.45, 7) is 4.40. The van der Waals surface area contributed by atoms with Gasteiger partial charge < -0.3 is 24.8 Å². The second kappa shape index (κ2) is 9.06. The lowest BCUT2D eigenvalue weighted by atomic mass is 9.99. The van der Waals surface area contributed by atoms with Gasteiger partial charge in [0.15, 0.2) is 17.0 Å². The Balaban J connectivity index is 1.47. The summed E-state index contributed by atoms with van der Waals surface area (Å²) in [4.78, 5) is 27.2. The van der Waals surface area contributed by atoms with Crippen molar-refractivity contribution in [1.82, 2.24) is 19.5 Å². The van der Waals surface area contributed by atoms with E-state index in [-0.39, 0.29) is 11.7 Å². The molecule has 0 bridgehead atoms. The number of imidazole rings is 1. The Morgan fingerprint density at radius 1 is 1.37 bits per heavy atom. The topological polar surface area (TPSA) is 122 Å². The summed E-state index contributed by atoms with van der Waals surface area (Å²) >= 11 is 7.35. The summed E-state index contributed by atoms with van der Waals surface area (Å²) in [7, 11) is 1.73. The molecule has 0 aromatic carbocycles. The Morgan fingerprint density at radius 3 is 2.86 bits per heavy atom. The van der Waals surface area contributed by atoms with Crippen molar-refractivity contribution in [1.29, 1.82) is 0 Å². The molecule has 3 heterocycles. The van der Waals surface area contributed by atoms with Gasteiger partial charge in [-0.3, -0.25) is 4.79 Å². The van der Waals surface area contributed by atoms with Crippen LogP contribution in [0.3, 0.4) is 0 Å². The molecule has 2 aliphatic rings. The van der Waals surface area contributed by atoms with Crippen LogP contribution in [0.4, 0.5) is 5.82 Å². The number of ether oxygens (including phenoxy) is 1. The summed E-state index contributed by atoms with van der Waals surface area (Å²) in [5.41, 5.74) is -0.126. The predicted octanol–water partition coefficient (Wildman–Crippen LogP) is 2.85. The maximum absolute atomic E-state index is 12.9. The van der Waals surface area contributed by atoms with Gasteiger partial charge in [0.05, 0.1) is 34.3 Å². The number of aliphatic hydroxyl groups is 2. The zero-order chi connectivity index (χ0) is 24.9. The molecular weight excluding hydrogens is 490 g/mol. The number of hydrogen-bond acceptors (Lipinski definition) is 9. The Kier molecular flexibility index (Phi) is 6.21. The van der Waals surface area contributed by atoms with E-state index in [9.17, 15) is 15.0 Å². The van der Waals surface area contributed by atoms with Gasteiger partial charge >= 0.3 is 5.97 Å². The molecule has 0 unspecified atom stereocenters. The van der Waals surface area contributed by atoms with Crippen molar-refractivity contribution >= 4 is 45.9 Å². The van der Waals surface area contributed by atoms with E-state index < -0.39 is 29.6 Å². The van der Waals surface area contributed by atoms with Crippen LogP contribution in [0.5, 0.6) is 0 Å². The molecule has 11 heteroatoms. The second-order valence-electron chi connectivity index (χ2n) is 9.42. The highest BCUT2D eigenvalue weighted by Crippen LogP contribution is 2.68. The number of nitrogens with one attached hydrogen (secondary N) is 1. The lowest BCUT2D eigenvalue weighted by molar-refractivity contribution is -0.157. The number of carbonyl (C=O) groups excluding carboxylic acids is 1. The zero-order valence-corrected chi connectivity index (χ0v) is 21.1. The monoisotopic (exact) mass is 515 g/mol. The Hall–Kier alpha value is -2.71. The van der Waals surface area contributed by atoms with Gasteiger partial charge in [0, 0.05) is 13.0 Å². The van der Waals surface area contributed by atoms with E-state index >= 15 is 0 Å². The molecule has 2 fully saturated rings. The average molecular weight is 516 g/mol. The first-order chi connectivity index (χ1) is 16.8. The lowest BCUT2D eigenvalue weighted by Gasteiger charge is -2.23. The van der Waals surface area contributed by atoms with Gasteiger partial charge in [0.25, 0.3) is 0 Å². The van der Waals surface area contributed by atoms with Crippen LogP contribution >= 0.6 is 22.9 Å². The van der Waals surface area contributed by atoms with Crippen LogP contribution in [0.1, 0.15) is 43.4 Å². The summed E-state index contributed by atoms with van der Waals surface area (Å²) in [6.07, 6.45) is 0.349. The van der Waals surface area contributed by atoms with Crippen molar-refractivity contribution in [2.75, 3.05) is 19.0 Å². The highest BCUT2D eigenvalue weighted by molar-refractivity contribution is 7.16. The first kappa shape index (κ1) is 24.0. The summed E-state index contributed by atoms with van der Waals surface area (Å²) in [5.74, 6) is 6.40. The van der Waals surface area contributed by atoms with E-state index in [0.29, 0.717) is 40.3 Å². The predicted molar refractivity (Wildman–Crippen MR) is 132 cm³/mol. The van der Waals surface area contributed by atoms with Crippen LogP contribution < -0.4 is 5.32 Å². The van der Waals surface area contributed by atoms with Crippen molar-refractivity contribution in [3.63, 3.8) is 0 Å². The fourth-order valence-corrected chi connectivity index (χ4v) is 5.80. The molecule has 3 aromatic rings. The van der Waals surface area contributed by atoms with Crippen LogP contribution in [0, 0.1) is 29.1 Å². The fraction of sp³-hybridized carbons (Fsp3) is 0.500. The largest absolute Gasteiger partial charge is 0.465 e. The zero-order valence-electron chi connectivity index (χ0n) is 19.5. The summed E-state index contributed by atoms with van der Waals surface area (Å²) < 4.78 is 7.85. The van der Waals surface area contributed by atoms with Gasteiger partial charge in [-0.1, -0.05) is 25.4 Å². The van der Waals surface area contributed by atoms with E-state index in [2.05, 4.69) is 46.0 Å². The first-order valence-electron chi connectivity index (χ1n) is 11.5. The normalized spacial score (nSPS) is 26.9. The number of anilines is 1. The number of hydrogen-bond donors (Lipinski definition) is 3. The van der Waals surface area contributed by atoms with Crippen molar-refractivity contribution in [2.45, 2.75) is 44.9 Å². The molecule has 184 valence electrons. The standard InChI is InChI=1S/C24H26ClN5O4S/c1-12(2)8-9-34-23(33)24-10-14(24)18(19(31)20(24)32)30-11-27-17-21(26-3)28-16(29-22(17)30)7-5-13-4-6-15(25)35-13/h4,6,11-12,14,18-20,31-32H,8-10H2,1-3H3,(H,26,28,29)/t14-,18-,19+,20+,24+/m1/s1. The van der Waals surface area contributed by atoms with E-state index in [1.54, 1.807) is 24.0 Å². The number of carbonyl (C=O) groups is 1. The van der Waals surface area contributed by atoms with E-state index in [1.807, 2.05) is 6.07 Å².